The van der Waals surface area contributed by atoms with Crippen molar-refractivity contribution in [3.8, 4) is 0 Å². The van der Waals surface area contributed by atoms with E-state index in [2.05, 4.69) is 10.4 Å². The summed E-state index contributed by atoms with van der Waals surface area (Å²) in [7, 11) is 0. The Morgan fingerprint density at radius 1 is 1.21 bits per heavy atom. The van der Waals surface area contributed by atoms with E-state index in [1.807, 2.05) is 42.5 Å². The second-order valence-electron chi connectivity index (χ2n) is 7.52. The molecule has 8 nitrogen and oxygen atoms in total. The molecule has 3 N–H and O–H groups in total. The molecule has 0 fully saturated rings. The van der Waals surface area contributed by atoms with Crippen molar-refractivity contribution in [3.63, 3.8) is 0 Å². The van der Waals surface area contributed by atoms with Crippen molar-refractivity contribution in [2.45, 2.75) is 32.4 Å². The molecule has 2 aromatic carbocycles. The smallest absolute Gasteiger partial charge is 0.239 e. The highest BCUT2D eigenvalue weighted by molar-refractivity contribution is 6.31. The summed E-state index contributed by atoms with van der Waals surface area (Å²) in [5.74, 6) is 0.175. The second kappa shape index (κ2) is 12.3. The third-order valence-corrected chi connectivity index (χ3v) is 5.56. The van der Waals surface area contributed by atoms with Gasteiger partial charge in [0.15, 0.2) is 5.82 Å². The number of nitrogens with two attached hydrogens (primary N) is 1. The molecule has 174 valence electrons. The lowest BCUT2D eigenvalue weighted by Crippen LogP contribution is -2.51. The fourth-order valence-corrected chi connectivity index (χ4v) is 3.66. The Morgan fingerprint density at radius 3 is 2.64 bits per heavy atom. The maximum Gasteiger partial charge on any atom is 0.239 e. The van der Waals surface area contributed by atoms with Gasteiger partial charge < -0.3 is 5.73 Å². The molecule has 33 heavy (non-hydrogen) atoms. The highest BCUT2D eigenvalue weighted by Gasteiger charge is 2.23. The van der Waals surface area contributed by atoms with Gasteiger partial charge in [0.05, 0.1) is 12.6 Å². The first-order valence-electron chi connectivity index (χ1n) is 10.7. The Labute approximate surface area is 198 Å². The summed E-state index contributed by atoms with van der Waals surface area (Å²) in [5, 5.41) is 5.09. The van der Waals surface area contributed by atoms with Crippen molar-refractivity contribution in [2.75, 3.05) is 18.2 Å². The monoisotopic (exact) mass is 469 g/mol. The van der Waals surface area contributed by atoms with Gasteiger partial charge >= 0.3 is 0 Å². The van der Waals surface area contributed by atoms with Crippen LogP contribution in [0.1, 0.15) is 25.3 Å². The van der Waals surface area contributed by atoms with Crippen LogP contribution in [0, 0.1) is 0 Å². The summed E-state index contributed by atoms with van der Waals surface area (Å²) in [6.07, 6.45) is 3.51. The number of pyridine rings is 1. The molecule has 1 atom stereocenters. The van der Waals surface area contributed by atoms with Crippen molar-refractivity contribution in [1.29, 1.82) is 0 Å². The first-order chi connectivity index (χ1) is 16.0. The van der Waals surface area contributed by atoms with Gasteiger partial charge in [-0.15, -0.1) is 0 Å². The van der Waals surface area contributed by atoms with E-state index in [-0.39, 0.29) is 18.6 Å². The van der Waals surface area contributed by atoms with Gasteiger partial charge in [0, 0.05) is 30.1 Å². The Kier molecular flexibility index (Phi) is 9.14. The number of halogens is 1. The predicted octanol–water partition coefficient (Wildman–Crippen LogP) is 3.44. The Hall–Kier alpha value is -3.04. The number of benzene rings is 2. The lowest BCUT2D eigenvalue weighted by atomic mass is 10.1. The van der Waals surface area contributed by atoms with E-state index in [9.17, 15) is 9.59 Å². The number of hydrogen-bond donors (Lipinski definition) is 2. The van der Waals surface area contributed by atoms with Crippen LogP contribution in [-0.2, 0) is 21.0 Å². The van der Waals surface area contributed by atoms with Gasteiger partial charge in [0.2, 0.25) is 12.3 Å². The molecule has 0 saturated carbocycles. The van der Waals surface area contributed by atoms with E-state index in [0.29, 0.717) is 43.2 Å². The van der Waals surface area contributed by atoms with Gasteiger partial charge in [-0.25, -0.2) is 10.4 Å². The number of hydrogen-bond acceptors (Lipinski definition) is 6. The van der Waals surface area contributed by atoms with Gasteiger partial charge in [-0.3, -0.25) is 19.4 Å². The van der Waals surface area contributed by atoms with Gasteiger partial charge in [0.25, 0.3) is 0 Å². The minimum Gasteiger partial charge on any atom is -0.330 e. The Balaban J connectivity index is 1.72. The zero-order valence-corrected chi connectivity index (χ0v) is 19.2. The van der Waals surface area contributed by atoms with Crippen molar-refractivity contribution in [2.24, 2.45) is 5.73 Å². The number of rotatable bonds is 12. The van der Waals surface area contributed by atoms with E-state index in [4.69, 9.17) is 22.2 Å². The summed E-state index contributed by atoms with van der Waals surface area (Å²) in [5.41, 5.74) is 9.71. The molecular weight excluding hydrogens is 442 g/mol. The zero-order valence-electron chi connectivity index (χ0n) is 18.5. The fraction of sp³-hybridized carbons (Fsp3) is 0.292. The standard InChI is InChI=1S/C24H28ClN5O3/c1-18(32)30(28-15-21-9-4-5-11-23(21)25)22(10-6-12-26)16-33-29(17-31)24-13-19-7-2-3-8-20(19)14-27-24/h2-5,7-9,11,13-14,17,22,28H,6,10,12,15-16,26H2,1H3/t22-/m0/s1. The third kappa shape index (κ3) is 6.72. The van der Waals surface area contributed by atoms with Crippen LogP contribution < -0.4 is 16.2 Å². The molecule has 0 aliphatic heterocycles. The number of anilines is 1. The summed E-state index contributed by atoms with van der Waals surface area (Å²) >= 11 is 6.24. The van der Waals surface area contributed by atoms with Crippen LogP contribution in [0.2, 0.25) is 5.02 Å². The van der Waals surface area contributed by atoms with Crippen LogP contribution in [0.3, 0.4) is 0 Å². The van der Waals surface area contributed by atoms with Gasteiger partial charge in [-0.1, -0.05) is 54.1 Å². The summed E-state index contributed by atoms with van der Waals surface area (Å²) in [4.78, 5) is 34.3. The molecule has 3 aromatic rings. The molecule has 0 bridgehead atoms. The van der Waals surface area contributed by atoms with Crippen molar-refractivity contribution >= 4 is 40.5 Å². The quantitative estimate of drug-likeness (QED) is 0.311. The molecule has 9 heteroatoms. The lowest BCUT2D eigenvalue weighted by molar-refractivity contribution is -0.137. The van der Waals surface area contributed by atoms with E-state index in [1.165, 1.54) is 11.9 Å². The predicted molar refractivity (Wildman–Crippen MR) is 129 cm³/mol. The van der Waals surface area contributed by atoms with E-state index in [0.717, 1.165) is 21.4 Å². The van der Waals surface area contributed by atoms with Gasteiger partial charge in [-0.2, -0.15) is 5.06 Å². The van der Waals surface area contributed by atoms with Crippen molar-refractivity contribution in [1.82, 2.24) is 15.4 Å². The summed E-state index contributed by atoms with van der Waals surface area (Å²) in [6, 6.07) is 16.5. The van der Waals surface area contributed by atoms with Crippen LogP contribution in [0.5, 0.6) is 0 Å². The van der Waals surface area contributed by atoms with Crippen LogP contribution in [0.25, 0.3) is 10.8 Å². The fourth-order valence-electron chi connectivity index (χ4n) is 3.46. The molecular formula is C24H28ClN5O3. The molecule has 2 amide bonds. The van der Waals surface area contributed by atoms with E-state index >= 15 is 0 Å². The maximum atomic E-state index is 12.4. The maximum absolute atomic E-state index is 12.4. The number of hydrazine groups is 1. The number of nitrogens with zero attached hydrogens (tertiary/aromatic N) is 3. The minimum absolute atomic E-state index is 0.0718. The Bertz CT molecular complexity index is 1080. The molecule has 1 aromatic heterocycles. The second-order valence-corrected chi connectivity index (χ2v) is 7.92. The van der Waals surface area contributed by atoms with E-state index in [1.54, 1.807) is 18.3 Å². The van der Waals surface area contributed by atoms with Crippen LogP contribution >= 0.6 is 11.6 Å². The molecule has 0 aliphatic rings. The first kappa shape index (κ1) is 24.6. The zero-order chi connectivity index (χ0) is 23.6. The molecule has 0 spiro atoms. The van der Waals surface area contributed by atoms with Crippen LogP contribution in [-0.4, -0.2) is 41.5 Å². The Morgan fingerprint density at radius 2 is 1.94 bits per heavy atom. The summed E-state index contributed by atoms with van der Waals surface area (Å²) < 4.78 is 0. The molecule has 0 aliphatic carbocycles. The molecule has 0 saturated heterocycles. The highest BCUT2D eigenvalue weighted by atomic mass is 35.5. The number of amides is 2. The van der Waals surface area contributed by atoms with Crippen LogP contribution in [0.4, 0.5) is 5.82 Å². The summed E-state index contributed by atoms with van der Waals surface area (Å²) in [6.45, 7) is 2.37. The molecule has 0 unspecified atom stereocenters. The van der Waals surface area contributed by atoms with Crippen molar-refractivity contribution in [3.05, 3.63) is 71.4 Å². The highest BCUT2D eigenvalue weighted by Crippen LogP contribution is 2.20. The lowest BCUT2D eigenvalue weighted by Gasteiger charge is -2.32. The number of carbonyl (C=O) groups excluding carboxylic acids is 2. The number of nitrogens with one attached hydrogen (secondary N) is 1. The minimum atomic E-state index is -0.364. The average Bonchev–Trinajstić information content (AvgIpc) is 2.83. The topological polar surface area (TPSA) is 101 Å². The number of fused-ring (bicyclic) bond motifs is 1. The SMILES string of the molecule is CC(=O)N(NCc1ccccc1Cl)[C@@H](CCCN)CON(C=O)c1cc2ccccc2cn1. The number of aromatic nitrogens is 1. The molecule has 1 heterocycles. The first-order valence-corrected chi connectivity index (χ1v) is 11.1. The van der Waals surface area contributed by atoms with Crippen LogP contribution in [0.15, 0.2) is 60.8 Å². The largest absolute Gasteiger partial charge is 0.330 e. The average molecular weight is 470 g/mol. The number of carbonyl (C=O) groups is 2. The molecule has 3 rings (SSSR count). The van der Waals surface area contributed by atoms with E-state index < -0.39 is 0 Å². The van der Waals surface area contributed by atoms with Gasteiger partial charge in [-0.05, 0) is 42.5 Å². The normalized spacial score (nSPS) is 11.8. The van der Waals surface area contributed by atoms with Gasteiger partial charge in [0.1, 0.15) is 0 Å². The van der Waals surface area contributed by atoms with Crippen molar-refractivity contribution < 1.29 is 14.4 Å². The third-order valence-electron chi connectivity index (χ3n) is 5.19. The molecule has 0 radical (unpaired) electrons. The number of hydroxylamine groups is 1.